The van der Waals surface area contributed by atoms with E-state index in [2.05, 4.69) is 4.90 Å². The summed E-state index contributed by atoms with van der Waals surface area (Å²) in [4.78, 5) is 21.4. The average molecular weight is 339 g/mol. The number of pyridine rings is 1. The van der Waals surface area contributed by atoms with Crippen molar-refractivity contribution in [3.8, 4) is 5.75 Å². The minimum Gasteiger partial charge on any atom is -0.484 e. The van der Waals surface area contributed by atoms with Gasteiger partial charge in [0.15, 0.2) is 6.61 Å². The van der Waals surface area contributed by atoms with E-state index in [-0.39, 0.29) is 18.6 Å². The summed E-state index contributed by atoms with van der Waals surface area (Å²) in [5.74, 6) is 0.740. The molecule has 0 radical (unpaired) electrons. The molecule has 1 aromatic heterocycles. The molecule has 2 aromatic rings. The highest BCUT2D eigenvalue weighted by molar-refractivity contribution is 5.78. The number of benzene rings is 1. The highest BCUT2D eigenvalue weighted by Gasteiger charge is 2.31. The lowest BCUT2D eigenvalue weighted by atomic mass is 10.1. The molecule has 1 aliphatic rings. The number of aromatic nitrogens is 1. The first kappa shape index (κ1) is 17.4. The molecule has 1 fully saturated rings. The Hall–Kier alpha value is -2.40. The van der Waals surface area contributed by atoms with E-state index in [0.29, 0.717) is 0 Å². The molecule has 1 aromatic carbocycles. The van der Waals surface area contributed by atoms with Crippen LogP contribution in [0.4, 0.5) is 0 Å². The summed E-state index contributed by atoms with van der Waals surface area (Å²) in [7, 11) is 4.06. The number of carbonyl (C=O) groups is 1. The third kappa shape index (κ3) is 4.57. The predicted octanol–water partition coefficient (Wildman–Crippen LogP) is 2.89. The first-order chi connectivity index (χ1) is 12.1. The SMILES string of the molecule is CN(C)Cc1cccc(C2CCCN2C(=O)COc2ccccc2)n1. The van der Waals surface area contributed by atoms with Gasteiger partial charge >= 0.3 is 0 Å². The molecule has 0 bridgehead atoms. The van der Waals surface area contributed by atoms with Crippen molar-refractivity contribution in [2.45, 2.75) is 25.4 Å². The van der Waals surface area contributed by atoms with Crippen LogP contribution >= 0.6 is 0 Å². The van der Waals surface area contributed by atoms with Crippen molar-refractivity contribution in [2.24, 2.45) is 0 Å². The van der Waals surface area contributed by atoms with Gasteiger partial charge in [-0.25, -0.2) is 0 Å². The molecule has 0 N–H and O–H groups in total. The van der Waals surface area contributed by atoms with E-state index in [1.807, 2.05) is 67.5 Å². The van der Waals surface area contributed by atoms with Crippen LogP contribution in [0.15, 0.2) is 48.5 Å². The lowest BCUT2D eigenvalue weighted by Crippen LogP contribution is -2.34. The van der Waals surface area contributed by atoms with E-state index in [1.165, 1.54) is 0 Å². The van der Waals surface area contributed by atoms with Gasteiger partial charge in [0, 0.05) is 13.1 Å². The minimum absolute atomic E-state index is 0.0196. The Morgan fingerprint density at radius 1 is 1.20 bits per heavy atom. The number of ether oxygens (including phenoxy) is 1. The van der Waals surface area contributed by atoms with Crippen LogP contribution in [0.25, 0.3) is 0 Å². The number of likely N-dealkylation sites (tertiary alicyclic amines) is 1. The van der Waals surface area contributed by atoms with Crippen LogP contribution in [-0.2, 0) is 11.3 Å². The monoisotopic (exact) mass is 339 g/mol. The minimum atomic E-state index is 0.0196. The van der Waals surface area contributed by atoms with Gasteiger partial charge in [0.1, 0.15) is 5.75 Å². The van der Waals surface area contributed by atoms with Crippen LogP contribution in [-0.4, -0.2) is 47.9 Å². The summed E-state index contributed by atoms with van der Waals surface area (Å²) >= 11 is 0. The van der Waals surface area contributed by atoms with Crippen molar-refractivity contribution >= 4 is 5.91 Å². The van der Waals surface area contributed by atoms with Gasteiger partial charge in [0.25, 0.3) is 5.91 Å². The summed E-state index contributed by atoms with van der Waals surface area (Å²) in [6.45, 7) is 1.63. The summed E-state index contributed by atoms with van der Waals surface area (Å²) < 4.78 is 5.62. The second-order valence-corrected chi connectivity index (χ2v) is 6.64. The van der Waals surface area contributed by atoms with Crippen molar-refractivity contribution in [1.82, 2.24) is 14.8 Å². The van der Waals surface area contributed by atoms with E-state index >= 15 is 0 Å². The van der Waals surface area contributed by atoms with Crippen LogP contribution in [0.3, 0.4) is 0 Å². The fourth-order valence-corrected chi connectivity index (χ4v) is 3.21. The molecule has 1 amide bonds. The number of nitrogens with zero attached hydrogens (tertiary/aromatic N) is 3. The normalized spacial score (nSPS) is 17.1. The fourth-order valence-electron chi connectivity index (χ4n) is 3.21. The molecule has 3 rings (SSSR count). The zero-order chi connectivity index (χ0) is 17.6. The third-order valence-electron chi connectivity index (χ3n) is 4.33. The Labute approximate surface area is 149 Å². The van der Waals surface area contributed by atoms with Crippen LogP contribution in [0.2, 0.25) is 0 Å². The molecule has 1 aliphatic heterocycles. The highest BCUT2D eigenvalue weighted by Crippen LogP contribution is 2.31. The van der Waals surface area contributed by atoms with Gasteiger partial charge in [-0.05, 0) is 51.2 Å². The van der Waals surface area contributed by atoms with Crippen molar-refractivity contribution in [3.05, 3.63) is 59.9 Å². The van der Waals surface area contributed by atoms with E-state index in [4.69, 9.17) is 9.72 Å². The second-order valence-electron chi connectivity index (χ2n) is 6.64. The van der Waals surface area contributed by atoms with Crippen molar-refractivity contribution in [1.29, 1.82) is 0 Å². The van der Waals surface area contributed by atoms with Crippen molar-refractivity contribution in [3.63, 3.8) is 0 Å². The third-order valence-corrected chi connectivity index (χ3v) is 4.33. The number of rotatable bonds is 6. The lowest BCUT2D eigenvalue weighted by molar-refractivity contribution is -0.134. The maximum absolute atomic E-state index is 12.6. The molecule has 5 nitrogen and oxygen atoms in total. The van der Waals surface area contributed by atoms with Crippen LogP contribution < -0.4 is 4.74 Å². The van der Waals surface area contributed by atoms with Gasteiger partial charge in [-0.2, -0.15) is 0 Å². The maximum Gasteiger partial charge on any atom is 0.261 e. The molecule has 1 atom stereocenters. The van der Waals surface area contributed by atoms with Crippen LogP contribution in [0.5, 0.6) is 5.75 Å². The second kappa shape index (κ2) is 8.12. The number of carbonyl (C=O) groups excluding carboxylic acids is 1. The molecule has 1 saturated heterocycles. The Morgan fingerprint density at radius 2 is 2.00 bits per heavy atom. The Bertz CT molecular complexity index is 703. The number of amides is 1. The average Bonchev–Trinajstić information content (AvgIpc) is 3.10. The summed E-state index contributed by atoms with van der Waals surface area (Å²) in [6, 6.07) is 15.6. The zero-order valence-electron chi connectivity index (χ0n) is 14.9. The molecule has 25 heavy (non-hydrogen) atoms. The number of para-hydroxylation sites is 1. The molecule has 2 heterocycles. The summed E-state index contributed by atoms with van der Waals surface area (Å²) in [6.07, 6.45) is 1.96. The van der Waals surface area contributed by atoms with Gasteiger partial charge in [-0.3, -0.25) is 9.78 Å². The Kier molecular flexibility index (Phi) is 5.66. The summed E-state index contributed by atoms with van der Waals surface area (Å²) in [5.41, 5.74) is 2.01. The standard InChI is InChI=1S/C20H25N3O2/c1-22(2)14-16-8-6-11-18(21-16)19-12-7-13-23(19)20(24)15-25-17-9-4-3-5-10-17/h3-6,8-11,19H,7,12-15H2,1-2H3. The molecule has 132 valence electrons. The lowest BCUT2D eigenvalue weighted by Gasteiger charge is -2.25. The van der Waals surface area contributed by atoms with Gasteiger partial charge in [0.2, 0.25) is 0 Å². The predicted molar refractivity (Wildman–Crippen MR) is 97.3 cm³/mol. The van der Waals surface area contributed by atoms with Crippen LogP contribution in [0.1, 0.15) is 30.3 Å². The summed E-state index contributed by atoms with van der Waals surface area (Å²) in [5, 5.41) is 0. The molecular weight excluding hydrogens is 314 g/mol. The largest absolute Gasteiger partial charge is 0.484 e. The smallest absolute Gasteiger partial charge is 0.261 e. The van der Waals surface area contributed by atoms with Crippen molar-refractivity contribution in [2.75, 3.05) is 27.2 Å². The van der Waals surface area contributed by atoms with E-state index < -0.39 is 0 Å². The van der Waals surface area contributed by atoms with E-state index in [9.17, 15) is 4.79 Å². The first-order valence-corrected chi connectivity index (χ1v) is 8.71. The molecule has 5 heteroatoms. The number of hydrogen-bond acceptors (Lipinski definition) is 4. The highest BCUT2D eigenvalue weighted by atomic mass is 16.5. The van der Waals surface area contributed by atoms with Gasteiger partial charge < -0.3 is 14.5 Å². The fraction of sp³-hybridized carbons (Fsp3) is 0.400. The van der Waals surface area contributed by atoms with Gasteiger partial charge in [-0.1, -0.05) is 24.3 Å². The van der Waals surface area contributed by atoms with Gasteiger partial charge in [0.05, 0.1) is 17.4 Å². The molecule has 0 aliphatic carbocycles. The van der Waals surface area contributed by atoms with Gasteiger partial charge in [-0.15, -0.1) is 0 Å². The molecule has 0 spiro atoms. The molecular formula is C20H25N3O2. The first-order valence-electron chi connectivity index (χ1n) is 8.71. The molecule has 0 saturated carbocycles. The topological polar surface area (TPSA) is 45.7 Å². The Balaban J connectivity index is 1.66. The van der Waals surface area contributed by atoms with Crippen LogP contribution in [0, 0.1) is 0 Å². The molecule has 1 unspecified atom stereocenters. The number of hydrogen-bond donors (Lipinski definition) is 0. The van der Waals surface area contributed by atoms with E-state index in [0.717, 1.165) is 43.1 Å². The van der Waals surface area contributed by atoms with E-state index in [1.54, 1.807) is 0 Å². The maximum atomic E-state index is 12.6. The quantitative estimate of drug-likeness (QED) is 0.812. The zero-order valence-corrected chi connectivity index (χ0v) is 14.9. The Morgan fingerprint density at radius 3 is 2.76 bits per heavy atom. The van der Waals surface area contributed by atoms with Crippen molar-refractivity contribution < 1.29 is 9.53 Å².